The number of likely N-dealkylation sites (tertiary alicyclic amines) is 1. The summed E-state index contributed by atoms with van der Waals surface area (Å²) in [4.78, 5) is 0. The van der Waals surface area contributed by atoms with Crippen LogP contribution in [0.4, 0.5) is 0 Å². The molecule has 1 heterocycles. The first kappa shape index (κ1) is 11.0. The van der Waals surface area contributed by atoms with Crippen molar-refractivity contribution >= 4 is 0 Å². The van der Waals surface area contributed by atoms with Gasteiger partial charge in [-0.2, -0.15) is 0 Å². The number of quaternary nitrogens is 1. The van der Waals surface area contributed by atoms with Crippen LogP contribution < -0.4 is 0 Å². The zero-order valence-electron chi connectivity index (χ0n) is 10.6. The summed E-state index contributed by atoms with van der Waals surface area (Å²) in [5, 5.41) is 10.4. The van der Waals surface area contributed by atoms with Crippen LogP contribution in [0.2, 0.25) is 0 Å². The lowest BCUT2D eigenvalue weighted by molar-refractivity contribution is -0.928. The van der Waals surface area contributed by atoms with Crippen molar-refractivity contribution in [2.75, 3.05) is 20.1 Å². The summed E-state index contributed by atoms with van der Waals surface area (Å²) < 4.78 is 1.27. The minimum Gasteiger partial charge on any atom is -0.392 e. The van der Waals surface area contributed by atoms with E-state index >= 15 is 0 Å². The van der Waals surface area contributed by atoms with Gasteiger partial charge in [0.1, 0.15) is 0 Å². The Morgan fingerprint density at radius 3 is 2.44 bits per heavy atom. The highest BCUT2D eigenvalue weighted by molar-refractivity contribution is 4.92. The van der Waals surface area contributed by atoms with Gasteiger partial charge in [0.15, 0.2) is 0 Å². The van der Waals surface area contributed by atoms with Crippen LogP contribution in [0.3, 0.4) is 0 Å². The molecule has 3 fully saturated rings. The van der Waals surface area contributed by atoms with Gasteiger partial charge in [0.05, 0.1) is 32.3 Å². The molecule has 0 aromatic heterocycles. The number of hydrogen-bond acceptors (Lipinski definition) is 1. The number of fused-ring (bicyclic) bond motifs is 2. The van der Waals surface area contributed by atoms with Gasteiger partial charge in [-0.15, -0.1) is 0 Å². The molecule has 0 aromatic carbocycles. The van der Waals surface area contributed by atoms with Crippen molar-refractivity contribution in [3.05, 3.63) is 0 Å². The van der Waals surface area contributed by atoms with Crippen molar-refractivity contribution in [3.63, 3.8) is 0 Å². The van der Waals surface area contributed by atoms with Crippen LogP contribution in [-0.4, -0.2) is 41.9 Å². The second kappa shape index (κ2) is 3.99. The minimum atomic E-state index is 0.0306. The molecular weight excluding hydrogens is 198 g/mol. The van der Waals surface area contributed by atoms with Crippen LogP contribution in [0.5, 0.6) is 0 Å². The molecular formula is C14H26NO+. The number of aliphatic hydroxyl groups is 1. The zero-order valence-corrected chi connectivity index (χ0v) is 10.6. The van der Waals surface area contributed by atoms with Crippen LogP contribution in [-0.2, 0) is 0 Å². The van der Waals surface area contributed by atoms with Gasteiger partial charge in [-0.05, 0) is 25.2 Å². The highest BCUT2D eigenvalue weighted by atomic mass is 16.3. The lowest BCUT2D eigenvalue weighted by atomic mass is 9.67. The molecule has 2 aliphatic carbocycles. The van der Waals surface area contributed by atoms with Crippen LogP contribution >= 0.6 is 0 Å². The Morgan fingerprint density at radius 1 is 0.938 bits per heavy atom. The molecule has 92 valence electrons. The van der Waals surface area contributed by atoms with Gasteiger partial charge in [-0.3, -0.25) is 0 Å². The summed E-state index contributed by atoms with van der Waals surface area (Å²) in [6.45, 7) is 2.72. The number of rotatable bonds is 1. The predicted octanol–water partition coefficient (Wildman–Crippen LogP) is 2.17. The smallest absolute Gasteiger partial charge is 0.0941 e. The molecule has 2 nitrogen and oxygen atoms in total. The third-order valence-corrected chi connectivity index (χ3v) is 5.75. The minimum absolute atomic E-state index is 0.0306. The van der Waals surface area contributed by atoms with E-state index in [9.17, 15) is 5.11 Å². The first-order valence-corrected chi connectivity index (χ1v) is 7.23. The maximum absolute atomic E-state index is 10.4. The summed E-state index contributed by atoms with van der Waals surface area (Å²) in [7, 11) is 2.44. The molecule has 2 heteroatoms. The molecule has 3 aliphatic rings. The number of aliphatic hydroxyl groups excluding tert-OH is 1. The van der Waals surface area contributed by atoms with Gasteiger partial charge in [-0.25, -0.2) is 0 Å². The molecule has 1 aliphatic heterocycles. The van der Waals surface area contributed by atoms with E-state index in [1.54, 1.807) is 0 Å². The highest BCUT2D eigenvalue weighted by Gasteiger charge is 2.49. The van der Waals surface area contributed by atoms with E-state index in [0.29, 0.717) is 11.8 Å². The van der Waals surface area contributed by atoms with Crippen molar-refractivity contribution < 1.29 is 9.59 Å². The Bertz CT molecular complexity index is 259. The molecule has 3 rings (SSSR count). The average molecular weight is 224 g/mol. The van der Waals surface area contributed by atoms with Crippen molar-refractivity contribution in [3.8, 4) is 0 Å². The molecule has 0 spiro atoms. The van der Waals surface area contributed by atoms with Crippen LogP contribution in [0, 0.1) is 11.8 Å². The maximum Gasteiger partial charge on any atom is 0.0941 e. The Morgan fingerprint density at radius 2 is 1.69 bits per heavy atom. The summed E-state index contributed by atoms with van der Waals surface area (Å²) in [5.41, 5.74) is 0. The Balaban J connectivity index is 1.80. The Kier molecular flexibility index (Phi) is 2.75. The normalized spacial score (nSPS) is 46.9. The van der Waals surface area contributed by atoms with Gasteiger partial charge in [0.25, 0.3) is 0 Å². The predicted molar refractivity (Wildman–Crippen MR) is 65.0 cm³/mol. The summed E-state index contributed by atoms with van der Waals surface area (Å²) in [5.74, 6) is 1.26. The van der Waals surface area contributed by atoms with E-state index in [1.807, 2.05) is 0 Å². The largest absolute Gasteiger partial charge is 0.392 e. The van der Waals surface area contributed by atoms with E-state index in [4.69, 9.17) is 0 Å². The van der Waals surface area contributed by atoms with E-state index < -0.39 is 0 Å². The van der Waals surface area contributed by atoms with Gasteiger partial charge >= 0.3 is 0 Å². The first-order chi connectivity index (χ1) is 7.71. The monoisotopic (exact) mass is 224 g/mol. The van der Waals surface area contributed by atoms with Gasteiger partial charge < -0.3 is 9.59 Å². The third-order valence-electron chi connectivity index (χ3n) is 5.75. The third kappa shape index (κ3) is 1.62. The molecule has 0 aromatic rings. The van der Waals surface area contributed by atoms with Gasteiger partial charge in [0.2, 0.25) is 0 Å². The Labute approximate surface area is 99.2 Å². The van der Waals surface area contributed by atoms with Gasteiger partial charge in [-0.1, -0.05) is 6.42 Å². The number of hydrogen-bond donors (Lipinski definition) is 1. The lowest BCUT2D eigenvalue weighted by Crippen LogP contribution is -2.59. The molecule has 4 atom stereocenters. The first-order valence-electron chi connectivity index (χ1n) is 7.23. The maximum atomic E-state index is 10.4. The van der Waals surface area contributed by atoms with Crippen LogP contribution in [0.15, 0.2) is 0 Å². The van der Waals surface area contributed by atoms with E-state index in [1.165, 1.54) is 62.5 Å². The SMILES string of the molecule is C[N+]1([C@@H]2CC[C@H]3CCC[C@H]2[C@H]3O)CCCC1. The number of nitrogens with zero attached hydrogens (tertiary/aromatic N) is 1. The molecule has 2 bridgehead atoms. The van der Waals surface area contributed by atoms with Crippen molar-refractivity contribution in [1.29, 1.82) is 0 Å². The molecule has 1 saturated heterocycles. The molecule has 0 radical (unpaired) electrons. The second-order valence-electron chi connectivity index (χ2n) is 6.62. The standard InChI is InChI=1S/C14H26NO/c1-15(9-2-3-10-15)13-8-7-11-5-4-6-12(13)14(11)16/h11-14,16H,2-10H2,1H3/q+1/t11-,12-,13-,14+/m1/s1. The van der Waals surface area contributed by atoms with E-state index in [0.717, 1.165) is 6.04 Å². The van der Waals surface area contributed by atoms with Crippen molar-refractivity contribution in [1.82, 2.24) is 0 Å². The average Bonchev–Trinajstić information content (AvgIpc) is 2.65. The summed E-state index contributed by atoms with van der Waals surface area (Å²) >= 11 is 0. The van der Waals surface area contributed by atoms with Gasteiger partial charge in [0, 0.05) is 25.2 Å². The van der Waals surface area contributed by atoms with E-state index in [-0.39, 0.29) is 6.10 Å². The lowest BCUT2D eigenvalue weighted by Gasteiger charge is -2.50. The molecule has 0 unspecified atom stereocenters. The van der Waals surface area contributed by atoms with Crippen LogP contribution in [0.1, 0.15) is 44.9 Å². The van der Waals surface area contributed by atoms with E-state index in [2.05, 4.69) is 7.05 Å². The fraction of sp³-hybridized carbons (Fsp3) is 1.00. The molecule has 0 amide bonds. The Hall–Kier alpha value is -0.0800. The molecule has 1 N–H and O–H groups in total. The summed E-state index contributed by atoms with van der Waals surface area (Å²) in [6, 6.07) is 0.772. The molecule has 2 saturated carbocycles. The van der Waals surface area contributed by atoms with Crippen molar-refractivity contribution in [2.45, 2.75) is 57.1 Å². The van der Waals surface area contributed by atoms with Crippen LogP contribution in [0.25, 0.3) is 0 Å². The topological polar surface area (TPSA) is 20.2 Å². The second-order valence-corrected chi connectivity index (χ2v) is 6.62. The fourth-order valence-electron chi connectivity index (χ4n) is 4.80. The zero-order chi connectivity index (χ0) is 11.2. The molecule has 16 heavy (non-hydrogen) atoms. The fourth-order valence-corrected chi connectivity index (χ4v) is 4.80. The summed E-state index contributed by atoms with van der Waals surface area (Å²) in [6.07, 6.45) is 9.44. The quantitative estimate of drug-likeness (QED) is 0.677. The highest BCUT2D eigenvalue weighted by Crippen LogP contribution is 2.44. The van der Waals surface area contributed by atoms with Crippen molar-refractivity contribution in [2.24, 2.45) is 11.8 Å².